The van der Waals surface area contributed by atoms with Crippen molar-refractivity contribution in [1.29, 1.82) is 0 Å². The van der Waals surface area contributed by atoms with Crippen molar-refractivity contribution < 1.29 is 0 Å². The van der Waals surface area contributed by atoms with Crippen LogP contribution in [0.25, 0.3) is 0 Å². The fourth-order valence-corrected chi connectivity index (χ4v) is 2.16. The summed E-state index contributed by atoms with van der Waals surface area (Å²) in [6, 6.07) is 6.04. The largest absolute Gasteiger partial charge is 0.370 e. The Labute approximate surface area is 103 Å². The molecule has 2 heterocycles. The van der Waals surface area contributed by atoms with Gasteiger partial charge in [-0.1, -0.05) is 6.07 Å². The lowest BCUT2D eigenvalue weighted by atomic mass is 10.4. The van der Waals surface area contributed by atoms with Crippen molar-refractivity contribution >= 4 is 11.6 Å². The van der Waals surface area contributed by atoms with Gasteiger partial charge in [-0.2, -0.15) is 0 Å². The monoisotopic (exact) mass is 234 g/mol. The maximum Gasteiger partial charge on any atom is 0.128 e. The summed E-state index contributed by atoms with van der Waals surface area (Å²) in [6.07, 6.45) is 2.71. The highest BCUT2D eigenvalue weighted by molar-refractivity contribution is 5.44. The molecule has 1 aliphatic rings. The van der Waals surface area contributed by atoms with Gasteiger partial charge < -0.3 is 15.5 Å². The molecule has 0 saturated carbocycles. The maximum absolute atomic E-state index is 4.49. The van der Waals surface area contributed by atoms with Crippen LogP contribution in [0, 0.1) is 0 Å². The topological polar surface area (TPSA) is 40.2 Å². The lowest BCUT2D eigenvalue weighted by molar-refractivity contribution is 0.352. The Hall–Kier alpha value is -1.29. The summed E-state index contributed by atoms with van der Waals surface area (Å²) in [4.78, 5) is 6.99. The highest BCUT2D eigenvalue weighted by Crippen LogP contribution is 2.09. The molecule has 2 rings (SSSR count). The molecule has 1 aromatic heterocycles. The van der Waals surface area contributed by atoms with Gasteiger partial charge in [0.2, 0.25) is 0 Å². The fraction of sp³-hybridized carbons (Fsp3) is 0.615. The number of likely N-dealkylation sites (tertiary alicyclic amines) is 1. The van der Waals surface area contributed by atoms with Crippen molar-refractivity contribution in [3.05, 3.63) is 18.2 Å². The first kappa shape index (κ1) is 12.2. The molecule has 0 unspecified atom stereocenters. The van der Waals surface area contributed by atoms with E-state index in [1.165, 1.54) is 25.9 Å². The molecule has 4 heteroatoms. The Morgan fingerprint density at radius 3 is 2.59 bits per heavy atom. The molecule has 1 saturated heterocycles. The molecule has 2 N–H and O–H groups in total. The first-order valence-electron chi connectivity index (χ1n) is 6.55. The standard InChI is InChI=1S/C13H22N4/c1-2-14-12-6-5-7-13(16-12)15-8-11-17-9-3-4-10-17/h5-7H,2-4,8-11H2,1H3,(H2,14,15,16). The smallest absolute Gasteiger partial charge is 0.128 e. The molecule has 1 fully saturated rings. The molecule has 0 radical (unpaired) electrons. The third-order valence-corrected chi connectivity index (χ3v) is 3.04. The minimum atomic E-state index is 0.907. The molecule has 0 aliphatic carbocycles. The van der Waals surface area contributed by atoms with Gasteiger partial charge >= 0.3 is 0 Å². The molecule has 17 heavy (non-hydrogen) atoms. The Kier molecular flexibility index (Phi) is 4.62. The maximum atomic E-state index is 4.49. The predicted molar refractivity (Wildman–Crippen MR) is 72.6 cm³/mol. The second-order valence-corrected chi connectivity index (χ2v) is 4.41. The molecule has 0 atom stereocenters. The van der Waals surface area contributed by atoms with Crippen molar-refractivity contribution in [2.75, 3.05) is 43.4 Å². The van der Waals surface area contributed by atoms with Crippen LogP contribution in [0.3, 0.4) is 0 Å². The lowest BCUT2D eigenvalue weighted by Gasteiger charge is -2.15. The van der Waals surface area contributed by atoms with E-state index in [9.17, 15) is 0 Å². The number of nitrogens with zero attached hydrogens (tertiary/aromatic N) is 2. The van der Waals surface area contributed by atoms with Gasteiger partial charge in [-0.05, 0) is 45.0 Å². The highest BCUT2D eigenvalue weighted by Gasteiger charge is 2.10. The van der Waals surface area contributed by atoms with E-state index in [1.807, 2.05) is 18.2 Å². The summed E-state index contributed by atoms with van der Waals surface area (Å²) in [6.45, 7) is 7.59. The van der Waals surface area contributed by atoms with Gasteiger partial charge in [-0.25, -0.2) is 4.98 Å². The average Bonchev–Trinajstić information content (AvgIpc) is 2.83. The van der Waals surface area contributed by atoms with Crippen LogP contribution in [0.1, 0.15) is 19.8 Å². The van der Waals surface area contributed by atoms with Crippen LogP contribution < -0.4 is 10.6 Å². The molecule has 4 nitrogen and oxygen atoms in total. The Morgan fingerprint density at radius 1 is 1.18 bits per heavy atom. The quantitative estimate of drug-likeness (QED) is 0.790. The van der Waals surface area contributed by atoms with Crippen LogP contribution in [0.15, 0.2) is 18.2 Å². The number of hydrogen-bond donors (Lipinski definition) is 2. The zero-order chi connectivity index (χ0) is 11.9. The van der Waals surface area contributed by atoms with E-state index in [2.05, 4.69) is 27.4 Å². The average molecular weight is 234 g/mol. The highest BCUT2D eigenvalue weighted by atomic mass is 15.2. The zero-order valence-corrected chi connectivity index (χ0v) is 10.6. The van der Waals surface area contributed by atoms with Crippen molar-refractivity contribution in [1.82, 2.24) is 9.88 Å². The van der Waals surface area contributed by atoms with E-state index >= 15 is 0 Å². The van der Waals surface area contributed by atoms with Gasteiger partial charge in [-0.3, -0.25) is 0 Å². The lowest BCUT2D eigenvalue weighted by Crippen LogP contribution is -2.26. The summed E-state index contributed by atoms with van der Waals surface area (Å²) in [5.74, 6) is 1.90. The van der Waals surface area contributed by atoms with Crippen molar-refractivity contribution in [3.8, 4) is 0 Å². The number of anilines is 2. The Morgan fingerprint density at radius 2 is 1.88 bits per heavy atom. The van der Waals surface area contributed by atoms with Gasteiger partial charge in [0.15, 0.2) is 0 Å². The van der Waals surface area contributed by atoms with Gasteiger partial charge in [0.25, 0.3) is 0 Å². The summed E-state index contributed by atoms with van der Waals surface area (Å²) in [7, 11) is 0. The van der Waals surface area contributed by atoms with Gasteiger partial charge in [0.05, 0.1) is 0 Å². The van der Waals surface area contributed by atoms with E-state index in [4.69, 9.17) is 0 Å². The number of aromatic nitrogens is 1. The Balaban J connectivity index is 1.75. The number of rotatable bonds is 6. The van der Waals surface area contributed by atoms with Crippen LogP contribution >= 0.6 is 0 Å². The van der Waals surface area contributed by atoms with Crippen LogP contribution in [-0.2, 0) is 0 Å². The second-order valence-electron chi connectivity index (χ2n) is 4.41. The number of pyridine rings is 1. The van der Waals surface area contributed by atoms with E-state index in [1.54, 1.807) is 0 Å². The van der Waals surface area contributed by atoms with Crippen molar-refractivity contribution in [2.24, 2.45) is 0 Å². The van der Waals surface area contributed by atoms with E-state index in [0.717, 1.165) is 31.3 Å². The summed E-state index contributed by atoms with van der Waals surface area (Å²) in [5.41, 5.74) is 0. The first-order valence-corrected chi connectivity index (χ1v) is 6.55. The van der Waals surface area contributed by atoms with E-state index < -0.39 is 0 Å². The molecule has 0 aromatic carbocycles. The van der Waals surface area contributed by atoms with Crippen molar-refractivity contribution in [2.45, 2.75) is 19.8 Å². The van der Waals surface area contributed by atoms with Crippen LogP contribution in [0.5, 0.6) is 0 Å². The van der Waals surface area contributed by atoms with Crippen LogP contribution in [0.4, 0.5) is 11.6 Å². The third-order valence-electron chi connectivity index (χ3n) is 3.04. The molecule has 0 bridgehead atoms. The summed E-state index contributed by atoms with van der Waals surface area (Å²) >= 11 is 0. The second kappa shape index (κ2) is 6.45. The normalized spacial score (nSPS) is 16.1. The fourth-order valence-electron chi connectivity index (χ4n) is 2.16. The molecule has 1 aromatic rings. The van der Waals surface area contributed by atoms with Crippen LogP contribution in [-0.4, -0.2) is 42.6 Å². The summed E-state index contributed by atoms with van der Waals surface area (Å²) in [5, 5.41) is 6.60. The molecular weight excluding hydrogens is 212 g/mol. The molecule has 0 amide bonds. The minimum Gasteiger partial charge on any atom is -0.370 e. The van der Waals surface area contributed by atoms with Gasteiger partial charge in [-0.15, -0.1) is 0 Å². The van der Waals surface area contributed by atoms with Crippen LogP contribution in [0.2, 0.25) is 0 Å². The van der Waals surface area contributed by atoms with Gasteiger partial charge in [0, 0.05) is 19.6 Å². The van der Waals surface area contributed by atoms with E-state index in [0.29, 0.717) is 0 Å². The molecule has 0 spiro atoms. The summed E-state index contributed by atoms with van der Waals surface area (Å²) < 4.78 is 0. The zero-order valence-electron chi connectivity index (χ0n) is 10.6. The first-order chi connectivity index (χ1) is 8.38. The third kappa shape index (κ3) is 3.89. The molecular formula is C13H22N4. The van der Waals surface area contributed by atoms with Gasteiger partial charge in [0.1, 0.15) is 11.6 Å². The van der Waals surface area contributed by atoms with Crippen molar-refractivity contribution in [3.63, 3.8) is 0 Å². The number of nitrogens with one attached hydrogen (secondary N) is 2. The predicted octanol–water partition coefficient (Wildman–Crippen LogP) is 2.02. The minimum absolute atomic E-state index is 0.907. The molecule has 1 aliphatic heterocycles. The van der Waals surface area contributed by atoms with E-state index in [-0.39, 0.29) is 0 Å². The SMILES string of the molecule is CCNc1cccc(NCCN2CCCC2)n1. The number of hydrogen-bond acceptors (Lipinski definition) is 4. The molecule has 94 valence electrons. The Bertz CT molecular complexity index is 334.